The van der Waals surface area contributed by atoms with Crippen molar-refractivity contribution < 1.29 is 19.1 Å². The number of urea groups is 1. The number of nitrogens with zero attached hydrogens (tertiary/aromatic N) is 2. The first-order valence-electron chi connectivity index (χ1n) is 9.51. The van der Waals surface area contributed by atoms with Crippen LogP contribution < -0.4 is 10.6 Å². The van der Waals surface area contributed by atoms with Crippen LogP contribution in [0.25, 0.3) is 10.2 Å². The highest BCUT2D eigenvalue weighted by Gasteiger charge is 2.19. The van der Waals surface area contributed by atoms with Gasteiger partial charge < -0.3 is 10.1 Å². The largest absolute Gasteiger partial charge is 0.452 e. The first kappa shape index (κ1) is 22.7. The Balaban J connectivity index is 1.73. The van der Waals surface area contributed by atoms with Crippen LogP contribution in [0.15, 0.2) is 40.5 Å². The van der Waals surface area contributed by atoms with E-state index in [1.54, 1.807) is 43.4 Å². The number of hydrogen-bond donors (Lipinski definition) is 2. The molecule has 0 saturated heterocycles. The van der Waals surface area contributed by atoms with E-state index in [1.807, 2.05) is 19.9 Å². The molecular formula is C21H22N4O4S2. The lowest BCUT2D eigenvalue weighted by molar-refractivity contribution is -0.123. The molecule has 0 saturated carbocycles. The lowest BCUT2D eigenvalue weighted by Gasteiger charge is -2.11. The number of ether oxygens (including phenoxy) is 1. The predicted molar refractivity (Wildman–Crippen MR) is 120 cm³/mol. The molecule has 2 N–H and O–H groups in total. The number of carbonyl (C=O) groups is 3. The number of imide groups is 1. The zero-order valence-electron chi connectivity index (χ0n) is 17.5. The van der Waals surface area contributed by atoms with Crippen molar-refractivity contribution in [2.45, 2.75) is 43.7 Å². The van der Waals surface area contributed by atoms with Crippen LogP contribution in [-0.2, 0) is 9.53 Å². The molecule has 0 fully saturated rings. The molecule has 8 nitrogen and oxygen atoms in total. The molecule has 162 valence electrons. The number of hydrogen-bond acceptors (Lipinski definition) is 8. The summed E-state index contributed by atoms with van der Waals surface area (Å²) >= 11 is 2.94. The van der Waals surface area contributed by atoms with Crippen molar-refractivity contribution in [3.63, 3.8) is 0 Å². The molecule has 2 aromatic heterocycles. The zero-order valence-corrected chi connectivity index (χ0v) is 19.1. The predicted octanol–water partition coefficient (Wildman–Crippen LogP) is 3.85. The standard InChI is InChI=1S/C21H22N4O4S2/c1-11(2)24-21(28)25-16(26)9-29-20(27)14-7-5-6-8-15(14)31-19-17-12(3)13(4)30-18(17)22-10-23-19/h5-8,10-11H,9H2,1-4H3,(H2,24,25,26,28). The monoisotopic (exact) mass is 458 g/mol. The summed E-state index contributed by atoms with van der Waals surface area (Å²) in [7, 11) is 0. The van der Waals surface area contributed by atoms with Gasteiger partial charge in [-0.05, 0) is 45.4 Å². The summed E-state index contributed by atoms with van der Waals surface area (Å²) in [6.45, 7) is 7.03. The highest BCUT2D eigenvalue weighted by molar-refractivity contribution is 7.99. The maximum Gasteiger partial charge on any atom is 0.339 e. The normalized spacial score (nSPS) is 10.9. The van der Waals surface area contributed by atoms with Gasteiger partial charge in [-0.3, -0.25) is 10.1 Å². The average Bonchev–Trinajstić information content (AvgIpc) is 3.00. The number of esters is 1. The third-order valence-electron chi connectivity index (χ3n) is 4.25. The van der Waals surface area contributed by atoms with Gasteiger partial charge in [-0.2, -0.15) is 0 Å². The molecule has 0 unspecified atom stereocenters. The Labute approximate surface area is 187 Å². The summed E-state index contributed by atoms with van der Waals surface area (Å²) < 4.78 is 5.11. The van der Waals surface area contributed by atoms with Gasteiger partial charge in [0.1, 0.15) is 16.2 Å². The summed E-state index contributed by atoms with van der Waals surface area (Å²) in [4.78, 5) is 47.5. The van der Waals surface area contributed by atoms with Crippen molar-refractivity contribution in [1.29, 1.82) is 0 Å². The van der Waals surface area contributed by atoms with E-state index in [2.05, 4.69) is 20.6 Å². The van der Waals surface area contributed by atoms with Crippen molar-refractivity contribution in [1.82, 2.24) is 20.6 Å². The molecule has 0 aliphatic carbocycles. The van der Waals surface area contributed by atoms with Gasteiger partial charge >= 0.3 is 12.0 Å². The van der Waals surface area contributed by atoms with Gasteiger partial charge in [-0.25, -0.2) is 19.6 Å². The van der Waals surface area contributed by atoms with E-state index >= 15 is 0 Å². The van der Waals surface area contributed by atoms with Crippen LogP contribution in [0.3, 0.4) is 0 Å². The second-order valence-corrected chi connectivity index (χ2v) is 9.23. The van der Waals surface area contributed by atoms with Gasteiger partial charge in [0.25, 0.3) is 5.91 Å². The van der Waals surface area contributed by atoms with E-state index in [0.29, 0.717) is 10.5 Å². The molecule has 10 heteroatoms. The molecule has 1 aromatic carbocycles. The summed E-state index contributed by atoms with van der Waals surface area (Å²) in [5, 5.41) is 6.35. The number of carbonyl (C=O) groups excluding carboxylic acids is 3. The molecule has 0 radical (unpaired) electrons. The van der Waals surface area contributed by atoms with Crippen molar-refractivity contribution in [3.8, 4) is 0 Å². The minimum absolute atomic E-state index is 0.122. The van der Waals surface area contributed by atoms with Gasteiger partial charge in [0.05, 0.1) is 5.56 Å². The molecule has 3 rings (SSSR count). The van der Waals surface area contributed by atoms with E-state index in [4.69, 9.17) is 4.74 Å². The minimum atomic E-state index is -0.710. The molecular weight excluding hydrogens is 436 g/mol. The number of amides is 3. The topological polar surface area (TPSA) is 110 Å². The molecule has 0 aliphatic heterocycles. The molecule has 2 heterocycles. The first-order chi connectivity index (χ1) is 14.8. The average molecular weight is 459 g/mol. The summed E-state index contributed by atoms with van der Waals surface area (Å²) in [6, 6.07) is 6.18. The van der Waals surface area contributed by atoms with Crippen molar-refractivity contribution in [2.75, 3.05) is 6.61 Å². The second kappa shape index (κ2) is 9.88. The van der Waals surface area contributed by atoms with Crippen molar-refractivity contribution in [2.24, 2.45) is 0 Å². The van der Waals surface area contributed by atoms with Crippen LogP contribution in [0.1, 0.15) is 34.6 Å². The van der Waals surface area contributed by atoms with Crippen LogP contribution in [0.2, 0.25) is 0 Å². The molecule has 0 spiro atoms. The van der Waals surface area contributed by atoms with Crippen molar-refractivity contribution in [3.05, 3.63) is 46.6 Å². The van der Waals surface area contributed by atoms with Crippen LogP contribution in [0.4, 0.5) is 4.79 Å². The van der Waals surface area contributed by atoms with Gasteiger partial charge in [-0.15, -0.1) is 11.3 Å². The highest BCUT2D eigenvalue weighted by atomic mass is 32.2. The maximum absolute atomic E-state index is 12.6. The Morgan fingerprint density at radius 2 is 1.90 bits per heavy atom. The fraction of sp³-hybridized carbons (Fsp3) is 0.286. The molecule has 3 aromatic rings. The van der Waals surface area contributed by atoms with Crippen LogP contribution >= 0.6 is 23.1 Å². The number of aromatic nitrogens is 2. The van der Waals surface area contributed by atoms with E-state index in [-0.39, 0.29) is 6.04 Å². The Morgan fingerprint density at radius 1 is 1.16 bits per heavy atom. The fourth-order valence-electron chi connectivity index (χ4n) is 2.73. The van der Waals surface area contributed by atoms with Gasteiger partial charge in [0.15, 0.2) is 6.61 Å². The number of thiophene rings is 1. The number of fused-ring (bicyclic) bond motifs is 1. The van der Waals surface area contributed by atoms with Gasteiger partial charge in [0.2, 0.25) is 0 Å². The summed E-state index contributed by atoms with van der Waals surface area (Å²) in [5.41, 5.74) is 1.42. The molecule has 31 heavy (non-hydrogen) atoms. The van der Waals surface area contributed by atoms with Gasteiger partial charge in [-0.1, -0.05) is 23.9 Å². The first-order valence-corrected chi connectivity index (χ1v) is 11.1. The van der Waals surface area contributed by atoms with Crippen LogP contribution in [-0.4, -0.2) is 40.5 Å². The van der Waals surface area contributed by atoms with E-state index in [1.165, 1.54) is 18.1 Å². The zero-order chi connectivity index (χ0) is 22.5. The smallest absolute Gasteiger partial charge is 0.339 e. The third-order valence-corrected chi connectivity index (χ3v) is 6.45. The minimum Gasteiger partial charge on any atom is -0.452 e. The number of rotatable bonds is 6. The number of nitrogens with one attached hydrogen (secondary N) is 2. The fourth-order valence-corrected chi connectivity index (χ4v) is 4.86. The van der Waals surface area contributed by atoms with E-state index in [9.17, 15) is 14.4 Å². The van der Waals surface area contributed by atoms with E-state index < -0.39 is 24.5 Å². The quantitative estimate of drug-likeness (QED) is 0.426. The maximum atomic E-state index is 12.6. The number of aryl methyl sites for hydroxylation is 2. The molecule has 0 atom stereocenters. The lowest BCUT2D eigenvalue weighted by atomic mass is 10.2. The van der Waals surface area contributed by atoms with Crippen LogP contribution in [0.5, 0.6) is 0 Å². The van der Waals surface area contributed by atoms with Crippen molar-refractivity contribution >= 4 is 51.2 Å². The lowest BCUT2D eigenvalue weighted by Crippen LogP contribution is -2.44. The Kier molecular flexibility index (Phi) is 7.24. The van der Waals surface area contributed by atoms with E-state index in [0.717, 1.165) is 25.7 Å². The molecule has 0 aliphatic rings. The van der Waals surface area contributed by atoms with Gasteiger partial charge in [0, 0.05) is 21.2 Å². The Bertz CT molecular complexity index is 1140. The van der Waals surface area contributed by atoms with Crippen LogP contribution in [0, 0.1) is 13.8 Å². The Morgan fingerprint density at radius 3 is 2.65 bits per heavy atom. The highest BCUT2D eigenvalue weighted by Crippen LogP contribution is 2.38. The molecule has 0 bridgehead atoms. The third kappa shape index (κ3) is 5.59. The second-order valence-electron chi connectivity index (χ2n) is 6.99. The summed E-state index contributed by atoms with van der Waals surface area (Å²) in [5.74, 6) is -1.37. The summed E-state index contributed by atoms with van der Waals surface area (Å²) in [6.07, 6.45) is 1.51. The number of benzene rings is 1. The Hall–Kier alpha value is -2.98. The SMILES string of the molecule is Cc1sc2ncnc(Sc3ccccc3C(=O)OCC(=O)NC(=O)NC(C)C)c2c1C. The molecule has 3 amide bonds.